The van der Waals surface area contributed by atoms with Crippen molar-refractivity contribution in [1.29, 1.82) is 0 Å². The Morgan fingerprint density at radius 3 is 2.64 bits per heavy atom. The number of ether oxygens (including phenoxy) is 1. The normalized spacial score (nSPS) is 25.8. The standard InChI is InChI=1S/C26H29N3O4/c1-18(25(32)28-15-12-20(17-28)19-7-3-2-4-8-19)29-16-14-26(13-11-23(29)30)27-24(31)21-9-5-6-10-22(21)33-26/h2-10,18,20H,11-17H2,1H3,(H,27,31)/t18-,20-,26+/m1/s1. The molecule has 0 aliphatic carbocycles. The fourth-order valence-corrected chi connectivity index (χ4v) is 5.25. The van der Waals surface area contributed by atoms with Crippen molar-refractivity contribution in [3.63, 3.8) is 0 Å². The number of amides is 3. The summed E-state index contributed by atoms with van der Waals surface area (Å²) in [5.74, 6) is 0.581. The molecule has 172 valence electrons. The van der Waals surface area contributed by atoms with Gasteiger partial charge in [-0.15, -0.1) is 0 Å². The number of carbonyl (C=O) groups excluding carboxylic acids is 3. The van der Waals surface area contributed by atoms with Crippen LogP contribution < -0.4 is 10.1 Å². The number of hydrogen-bond acceptors (Lipinski definition) is 4. The summed E-state index contributed by atoms with van der Waals surface area (Å²) in [5, 5.41) is 2.98. The number of rotatable bonds is 3. The number of fused-ring (bicyclic) bond motifs is 1. The molecule has 2 aromatic carbocycles. The van der Waals surface area contributed by atoms with Crippen molar-refractivity contribution in [2.24, 2.45) is 0 Å². The van der Waals surface area contributed by atoms with E-state index in [9.17, 15) is 14.4 Å². The number of nitrogens with one attached hydrogen (secondary N) is 1. The fourth-order valence-electron chi connectivity index (χ4n) is 5.25. The SMILES string of the molecule is C[C@H](C(=O)N1CC[C@@H](c2ccccc2)C1)N1CC[C@@]2(CCC1=O)NC(=O)c1ccccc1O2. The maximum Gasteiger partial charge on any atom is 0.258 e. The van der Waals surface area contributed by atoms with Crippen LogP contribution in [0.1, 0.15) is 54.4 Å². The zero-order chi connectivity index (χ0) is 23.0. The van der Waals surface area contributed by atoms with E-state index in [4.69, 9.17) is 4.74 Å². The van der Waals surface area contributed by atoms with Crippen molar-refractivity contribution in [2.45, 2.75) is 50.3 Å². The summed E-state index contributed by atoms with van der Waals surface area (Å²) in [4.78, 5) is 42.5. The minimum atomic E-state index is -0.926. The van der Waals surface area contributed by atoms with Gasteiger partial charge >= 0.3 is 0 Å². The van der Waals surface area contributed by atoms with E-state index in [1.807, 2.05) is 36.1 Å². The molecule has 0 unspecified atom stereocenters. The molecule has 7 nitrogen and oxygen atoms in total. The van der Waals surface area contributed by atoms with Crippen molar-refractivity contribution < 1.29 is 19.1 Å². The highest BCUT2D eigenvalue weighted by Crippen LogP contribution is 2.34. The number of carbonyl (C=O) groups is 3. The van der Waals surface area contributed by atoms with Crippen LogP contribution in [0.4, 0.5) is 0 Å². The summed E-state index contributed by atoms with van der Waals surface area (Å²) in [6.45, 7) is 3.54. The highest BCUT2D eigenvalue weighted by molar-refractivity contribution is 5.98. The number of hydrogen-bond donors (Lipinski definition) is 1. The minimum Gasteiger partial charge on any atom is -0.467 e. The molecule has 3 heterocycles. The predicted octanol–water partition coefficient (Wildman–Crippen LogP) is 2.92. The van der Waals surface area contributed by atoms with Gasteiger partial charge in [0.2, 0.25) is 11.8 Å². The van der Waals surface area contributed by atoms with E-state index in [1.54, 1.807) is 23.1 Å². The maximum absolute atomic E-state index is 13.3. The average Bonchev–Trinajstić information content (AvgIpc) is 3.28. The molecule has 1 spiro atoms. The molecule has 3 atom stereocenters. The zero-order valence-electron chi connectivity index (χ0n) is 18.8. The Bertz CT molecular complexity index is 1070. The highest BCUT2D eigenvalue weighted by atomic mass is 16.5. The van der Waals surface area contributed by atoms with Gasteiger partial charge in [0.1, 0.15) is 11.8 Å². The smallest absolute Gasteiger partial charge is 0.258 e. The second kappa shape index (κ2) is 8.54. The Kier molecular flexibility index (Phi) is 5.56. The highest BCUT2D eigenvalue weighted by Gasteiger charge is 2.44. The van der Waals surface area contributed by atoms with Gasteiger partial charge in [-0.2, -0.15) is 0 Å². The van der Waals surface area contributed by atoms with Crippen molar-refractivity contribution in [1.82, 2.24) is 15.1 Å². The van der Waals surface area contributed by atoms with Gasteiger partial charge in [0, 0.05) is 44.8 Å². The minimum absolute atomic E-state index is 0.0170. The molecule has 0 bridgehead atoms. The quantitative estimate of drug-likeness (QED) is 0.785. The Hall–Kier alpha value is -3.35. The van der Waals surface area contributed by atoms with Gasteiger partial charge in [-0.1, -0.05) is 42.5 Å². The average molecular weight is 448 g/mol. The Morgan fingerprint density at radius 1 is 1.06 bits per heavy atom. The number of nitrogens with zero attached hydrogens (tertiary/aromatic N) is 2. The van der Waals surface area contributed by atoms with Crippen molar-refractivity contribution in [3.8, 4) is 5.75 Å². The topological polar surface area (TPSA) is 79.0 Å². The maximum atomic E-state index is 13.3. The first-order valence-electron chi connectivity index (χ1n) is 11.7. The molecule has 3 aliphatic heterocycles. The zero-order valence-corrected chi connectivity index (χ0v) is 18.8. The van der Waals surface area contributed by atoms with Crippen LogP contribution in [0.15, 0.2) is 54.6 Å². The first kappa shape index (κ1) is 21.5. The van der Waals surface area contributed by atoms with E-state index in [0.717, 1.165) is 6.42 Å². The van der Waals surface area contributed by atoms with Gasteiger partial charge in [-0.25, -0.2) is 0 Å². The number of likely N-dealkylation sites (tertiary alicyclic amines) is 2. The summed E-state index contributed by atoms with van der Waals surface area (Å²) in [5.41, 5.74) is 0.824. The van der Waals surface area contributed by atoms with Crippen LogP contribution in [0.2, 0.25) is 0 Å². The van der Waals surface area contributed by atoms with Gasteiger partial charge in [-0.05, 0) is 31.0 Å². The van der Waals surface area contributed by atoms with Gasteiger partial charge < -0.3 is 19.9 Å². The van der Waals surface area contributed by atoms with E-state index in [-0.39, 0.29) is 24.1 Å². The van der Waals surface area contributed by atoms with Crippen LogP contribution in [0.5, 0.6) is 5.75 Å². The third-order valence-electron chi connectivity index (χ3n) is 7.19. The lowest BCUT2D eigenvalue weighted by molar-refractivity contribution is -0.144. The molecule has 3 aliphatic rings. The Labute approximate surface area is 193 Å². The van der Waals surface area contributed by atoms with E-state index >= 15 is 0 Å². The Morgan fingerprint density at radius 2 is 1.82 bits per heavy atom. The molecule has 5 rings (SSSR count). The van der Waals surface area contributed by atoms with Crippen LogP contribution in [0.25, 0.3) is 0 Å². The van der Waals surface area contributed by atoms with Crippen molar-refractivity contribution in [2.75, 3.05) is 19.6 Å². The van der Waals surface area contributed by atoms with Crippen molar-refractivity contribution >= 4 is 17.7 Å². The molecule has 1 N–H and O–H groups in total. The molecular weight excluding hydrogens is 418 g/mol. The van der Waals surface area contributed by atoms with E-state index < -0.39 is 11.8 Å². The molecule has 2 aromatic rings. The first-order chi connectivity index (χ1) is 16.0. The first-order valence-corrected chi connectivity index (χ1v) is 11.7. The fraction of sp³-hybridized carbons (Fsp3) is 0.423. The van der Waals surface area contributed by atoms with E-state index in [1.165, 1.54) is 5.56 Å². The monoisotopic (exact) mass is 447 g/mol. The van der Waals surface area contributed by atoms with Crippen molar-refractivity contribution in [3.05, 3.63) is 65.7 Å². The molecule has 3 amide bonds. The molecule has 2 saturated heterocycles. The second-order valence-corrected chi connectivity index (χ2v) is 9.24. The lowest BCUT2D eigenvalue weighted by Crippen LogP contribution is -2.56. The molecule has 7 heteroatoms. The predicted molar refractivity (Wildman–Crippen MR) is 123 cm³/mol. The van der Waals surface area contributed by atoms with Crippen LogP contribution in [0.3, 0.4) is 0 Å². The van der Waals surface area contributed by atoms with Gasteiger partial charge in [-0.3, -0.25) is 14.4 Å². The van der Waals surface area contributed by atoms with Crippen LogP contribution >= 0.6 is 0 Å². The summed E-state index contributed by atoms with van der Waals surface area (Å²) in [6, 6.07) is 16.9. The summed E-state index contributed by atoms with van der Waals surface area (Å²) >= 11 is 0. The molecule has 0 aromatic heterocycles. The number of para-hydroxylation sites is 1. The molecule has 0 saturated carbocycles. The molecular formula is C26H29N3O4. The summed E-state index contributed by atoms with van der Waals surface area (Å²) in [6.07, 6.45) is 1.96. The van der Waals surface area contributed by atoms with E-state index in [0.29, 0.717) is 49.7 Å². The number of benzene rings is 2. The third kappa shape index (κ3) is 4.08. The van der Waals surface area contributed by atoms with Gasteiger partial charge in [0.15, 0.2) is 5.72 Å². The Balaban J connectivity index is 1.26. The largest absolute Gasteiger partial charge is 0.467 e. The van der Waals surface area contributed by atoms with Crippen LogP contribution in [-0.2, 0) is 9.59 Å². The second-order valence-electron chi connectivity index (χ2n) is 9.24. The lowest BCUT2D eigenvalue weighted by Gasteiger charge is -2.38. The van der Waals surface area contributed by atoms with Crippen LogP contribution in [-0.4, -0.2) is 58.9 Å². The molecule has 2 fully saturated rings. The van der Waals surface area contributed by atoms with Crippen LogP contribution in [0, 0.1) is 0 Å². The van der Waals surface area contributed by atoms with Gasteiger partial charge in [0.05, 0.1) is 5.56 Å². The van der Waals surface area contributed by atoms with E-state index in [2.05, 4.69) is 17.4 Å². The lowest BCUT2D eigenvalue weighted by atomic mass is 9.99. The molecule has 0 radical (unpaired) electrons. The van der Waals surface area contributed by atoms with Gasteiger partial charge in [0.25, 0.3) is 5.91 Å². The molecule has 33 heavy (non-hydrogen) atoms. The summed E-state index contributed by atoms with van der Waals surface area (Å²) in [7, 11) is 0. The third-order valence-corrected chi connectivity index (χ3v) is 7.19. The summed E-state index contributed by atoms with van der Waals surface area (Å²) < 4.78 is 6.20.